The number of aromatic nitrogens is 1. The number of nitrogens with zero attached hydrogens (tertiary/aromatic N) is 1. The number of benzene rings is 2. The van der Waals surface area contributed by atoms with Crippen molar-refractivity contribution in [3.63, 3.8) is 0 Å². The van der Waals surface area contributed by atoms with E-state index in [2.05, 4.69) is 16.4 Å². The molecule has 3 N–H and O–H groups in total. The molecule has 142 valence electrons. The average molecular weight is 413 g/mol. The number of hydrogen-bond donors (Lipinski definition) is 2. The zero-order valence-corrected chi connectivity index (χ0v) is 16.3. The molecule has 0 atom stereocenters. The Balaban J connectivity index is 1.52. The number of nitrogens with one attached hydrogen (secondary N) is 1. The number of carbonyl (C=O) groups excluding carboxylic acids is 1. The van der Waals surface area contributed by atoms with Gasteiger partial charge in [0.05, 0.1) is 10.2 Å². The molecule has 4 rings (SSSR count). The summed E-state index contributed by atoms with van der Waals surface area (Å²) < 4.78 is 28.6. The molecule has 0 radical (unpaired) electrons. The molecule has 0 aliphatic heterocycles. The van der Waals surface area contributed by atoms with Gasteiger partial charge >= 0.3 is 0 Å². The third kappa shape index (κ3) is 3.68. The van der Waals surface area contributed by atoms with Crippen LogP contribution in [0, 0.1) is 6.92 Å². The lowest BCUT2D eigenvalue weighted by molar-refractivity contribution is 0.0991. The Morgan fingerprint density at radius 1 is 1.11 bits per heavy atom. The lowest BCUT2D eigenvalue weighted by atomic mass is 10.2. The van der Waals surface area contributed by atoms with E-state index in [9.17, 15) is 13.2 Å². The van der Waals surface area contributed by atoms with Crippen molar-refractivity contribution in [2.24, 2.45) is 5.14 Å². The number of amides is 1. The van der Waals surface area contributed by atoms with Crippen molar-refractivity contribution in [3.8, 4) is 10.6 Å². The summed E-state index contributed by atoms with van der Waals surface area (Å²) in [6, 6.07) is 15.7. The highest BCUT2D eigenvalue weighted by molar-refractivity contribution is 7.89. The summed E-state index contributed by atoms with van der Waals surface area (Å²) in [5, 5.41) is 8.05. The quantitative estimate of drug-likeness (QED) is 0.528. The van der Waals surface area contributed by atoms with E-state index in [1.165, 1.54) is 11.6 Å². The number of nitrogens with two attached hydrogens (primary N) is 1. The maximum atomic E-state index is 12.2. The number of furan rings is 1. The van der Waals surface area contributed by atoms with Gasteiger partial charge in [0.25, 0.3) is 15.9 Å². The lowest BCUT2D eigenvalue weighted by Crippen LogP contribution is -2.12. The van der Waals surface area contributed by atoms with Crippen molar-refractivity contribution >= 4 is 43.2 Å². The summed E-state index contributed by atoms with van der Waals surface area (Å²) in [5.74, 6) is -0.715. The molecule has 0 spiro atoms. The topological polar surface area (TPSA) is 115 Å². The third-order valence-corrected chi connectivity index (χ3v) is 5.87. The normalized spacial score (nSPS) is 11.6. The number of carbonyl (C=O) groups is 1. The number of aryl methyl sites for hydroxylation is 1. The molecule has 2 aromatic carbocycles. The van der Waals surface area contributed by atoms with Crippen LogP contribution in [0.15, 0.2) is 64.1 Å². The molecule has 2 aromatic heterocycles. The van der Waals surface area contributed by atoms with Crippen LogP contribution in [0.5, 0.6) is 0 Å². The Morgan fingerprint density at radius 3 is 2.54 bits per heavy atom. The molecular weight excluding hydrogens is 398 g/mol. The molecule has 4 aromatic rings. The van der Waals surface area contributed by atoms with Gasteiger partial charge in [0.2, 0.25) is 5.09 Å². The van der Waals surface area contributed by atoms with Gasteiger partial charge in [-0.2, -0.15) is 0 Å². The maximum Gasteiger partial charge on any atom is 0.291 e. The number of sulfonamides is 1. The van der Waals surface area contributed by atoms with Crippen LogP contribution in [0.3, 0.4) is 0 Å². The average Bonchev–Trinajstić information content (AvgIpc) is 3.29. The van der Waals surface area contributed by atoms with Crippen molar-refractivity contribution < 1.29 is 17.6 Å². The molecule has 0 fully saturated rings. The van der Waals surface area contributed by atoms with Crippen molar-refractivity contribution in [1.29, 1.82) is 0 Å². The smallest absolute Gasteiger partial charge is 0.291 e. The zero-order valence-electron chi connectivity index (χ0n) is 14.7. The SMILES string of the molecule is Cc1ccc2nc(-c3ccc(NC(=O)c4ccc(S(N)(=O)=O)o4)cc3)sc2c1. The number of rotatable bonds is 4. The van der Waals surface area contributed by atoms with Gasteiger partial charge in [0, 0.05) is 11.3 Å². The van der Waals surface area contributed by atoms with E-state index >= 15 is 0 Å². The minimum absolute atomic E-state index is 0.144. The monoisotopic (exact) mass is 413 g/mol. The van der Waals surface area contributed by atoms with Gasteiger partial charge in [-0.15, -0.1) is 11.3 Å². The molecule has 0 aliphatic carbocycles. The van der Waals surface area contributed by atoms with Crippen LogP contribution >= 0.6 is 11.3 Å². The molecule has 7 nitrogen and oxygen atoms in total. The molecule has 2 heterocycles. The molecule has 0 saturated heterocycles. The molecule has 1 amide bonds. The largest absolute Gasteiger partial charge is 0.438 e. The molecule has 0 aliphatic rings. The maximum absolute atomic E-state index is 12.2. The van der Waals surface area contributed by atoms with E-state index in [4.69, 9.17) is 9.56 Å². The Hall–Kier alpha value is -3.01. The molecule has 0 bridgehead atoms. The molecule has 0 unspecified atom stereocenters. The summed E-state index contributed by atoms with van der Waals surface area (Å²) in [6.45, 7) is 2.04. The summed E-state index contributed by atoms with van der Waals surface area (Å²) in [4.78, 5) is 16.8. The van der Waals surface area contributed by atoms with E-state index in [1.54, 1.807) is 23.5 Å². The fourth-order valence-corrected chi connectivity index (χ4v) is 4.17. The van der Waals surface area contributed by atoms with Crippen molar-refractivity contribution in [2.75, 3.05) is 5.32 Å². The first-order valence-electron chi connectivity index (χ1n) is 8.21. The first-order chi connectivity index (χ1) is 13.3. The Morgan fingerprint density at radius 2 is 1.86 bits per heavy atom. The van der Waals surface area contributed by atoms with Gasteiger partial charge in [0.15, 0.2) is 5.76 Å². The van der Waals surface area contributed by atoms with Gasteiger partial charge in [0.1, 0.15) is 5.01 Å². The van der Waals surface area contributed by atoms with Crippen LogP contribution in [0.1, 0.15) is 16.1 Å². The van der Waals surface area contributed by atoms with Crippen LogP contribution in [0.25, 0.3) is 20.8 Å². The standard InChI is InChI=1S/C19H15N3O4S2/c1-11-2-7-14-16(10-11)27-19(22-14)12-3-5-13(6-4-12)21-18(23)15-8-9-17(26-15)28(20,24)25/h2-10H,1H3,(H,21,23)(H2,20,24,25). The predicted molar refractivity (Wildman–Crippen MR) is 108 cm³/mol. The second-order valence-electron chi connectivity index (χ2n) is 6.19. The number of fused-ring (bicyclic) bond motifs is 1. The highest BCUT2D eigenvalue weighted by atomic mass is 32.2. The van der Waals surface area contributed by atoms with E-state index in [-0.39, 0.29) is 5.76 Å². The molecule has 9 heteroatoms. The second kappa shape index (κ2) is 6.86. The van der Waals surface area contributed by atoms with E-state index in [0.717, 1.165) is 26.9 Å². The highest BCUT2D eigenvalue weighted by Gasteiger charge is 2.17. The summed E-state index contributed by atoms with van der Waals surface area (Å²) in [5.41, 5.74) is 3.61. The van der Waals surface area contributed by atoms with Crippen LogP contribution < -0.4 is 10.5 Å². The summed E-state index contributed by atoms with van der Waals surface area (Å²) in [7, 11) is -3.99. The van der Waals surface area contributed by atoms with E-state index in [1.807, 2.05) is 31.2 Å². The van der Waals surface area contributed by atoms with Gasteiger partial charge in [-0.1, -0.05) is 6.07 Å². The van der Waals surface area contributed by atoms with Gasteiger partial charge < -0.3 is 9.73 Å². The first kappa shape index (κ1) is 18.4. The summed E-state index contributed by atoms with van der Waals surface area (Å²) in [6.07, 6.45) is 0. The molecular formula is C19H15N3O4S2. The number of primary sulfonamides is 1. The van der Waals surface area contributed by atoms with E-state index in [0.29, 0.717) is 5.69 Å². The third-order valence-electron chi connectivity index (χ3n) is 4.02. The Kier molecular flexibility index (Phi) is 4.50. The van der Waals surface area contributed by atoms with Crippen LogP contribution in [0.2, 0.25) is 0 Å². The second-order valence-corrected chi connectivity index (χ2v) is 8.71. The first-order valence-corrected chi connectivity index (χ1v) is 10.6. The van der Waals surface area contributed by atoms with Crippen molar-refractivity contribution in [1.82, 2.24) is 4.98 Å². The van der Waals surface area contributed by atoms with Crippen molar-refractivity contribution in [3.05, 3.63) is 65.9 Å². The van der Waals surface area contributed by atoms with Crippen molar-refractivity contribution in [2.45, 2.75) is 12.0 Å². The lowest BCUT2D eigenvalue weighted by Gasteiger charge is -2.04. The number of thiazole rings is 1. The highest BCUT2D eigenvalue weighted by Crippen LogP contribution is 2.31. The predicted octanol–water partition coefficient (Wildman–Crippen LogP) is 3.76. The summed E-state index contributed by atoms with van der Waals surface area (Å²) >= 11 is 1.60. The Bertz CT molecular complexity index is 1290. The van der Waals surface area contributed by atoms with Gasteiger partial charge in [-0.3, -0.25) is 4.79 Å². The van der Waals surface area contributed by atoms with Gasteiger partial charge in [-0.25, -0.2) is 18.5 Å². The number of anilines is 1. The van der Waals surface area contributed by atoms with Crippen LogP contribution in [-0.4, -0.2) is 19.3 Å². The zero-order chi connectivity index (χ0) is 19.9. The Labute approximate surface area is 164 Å². The fourth-order valence-electron chi connectivity index (χ4n) is 2.64. The van der Waals surface area contributed by atoms with Gasteiger partial charge in [-0.05, 0) is 61.0 Å². The minimum Gasteiger partial charge on any atom is -0.438 e. The number of hydrogen-bond acceptors (Lipinski definition) is 6. The molecule has 28 heavy (non-hydrogen) atoms. The fraction of sp³-hybridized carbons (Fsp3) is 0.0526. The molecule has 0 saturated carbocycles. The van der Waals surface area contributed by atoms with E-state index < -0.39 is 21.0 Å². The minimum atomic E-state index is -3.99. The van der Waals surface area contributed by atoms with Crippen LogP contribution in [0.4, 0.5) is 5.69 Å². The van der Waals surface area contributed by atoms with Crippen LogP contribution in [-0.2, 0) is 10.0 Å².